The van der Waals surface area contributed by atoms with Crippen molar-refractivity contribution in [3.63, 3.8) is 0 Å². The van der Waals surface area contributed by atoms with Gasteiger partial charge in [-0.25, -0.2) is 23.7 Å². The van der Waals surface area contributed by atoms with E-state index in [-0.39, 0.29) is 40.5 Å². The van der Waals surface area contributed by atoms with Crippen LogP contribution in [0.3, 0.4) is 0 Å². The highest BCUT2D eigenvalue weighted by molar-refractivity contribution is 8.00. The van der Waals surface area contributed by atoms with E-state index in [0.29, 0.717) is 12.3 Å². The van der Waals surface area contributed by atoms with Crippen LogP contribution in [0.15, 0.2) is 18.6 Å². The summed E-state index contributed by atoms with van der Waals surface area (Å²) in [4.78, 5) is 71.6. The van der Waals surface area contributed by atoms with E-state index in [1.807, 2.05) is 20.8 Å². The van der Waals surface area contributed by atoms with Crippen molar-refractivity contribution >= 4 is 63.9 Å². The van der Waals surface area contributed by atoms with Gasteiger partial charge in [-0.1, -0.05) is 34.6 Å². The minimum absolute atomic E-state index is 0.0277. The normalized spacial score (nSPS) is 22.8. The molecule has 2 aromatic rings. The number of carbonyl (C=O) groups excluding carboxylic acids is 2. The van der Waals surface area contributed by atoms with E-state index in [1.165, 1.54) is 37.0 Å². The molecular formula is C26H45N6O16P3S. The number of aliphatic hydroxyl groups excluding tert-OH is 2. The van der Waals surface area contributed by atoms with Crippen molar-refractivity contribution < 1.29 is 75.7 Å². The van der Waals surface area contributed by atoms with Gasteiger partial charge in [0.15, 0.2) is 12.0 Å². The fourth-order valence-corrected chi connectivity index (χ4v) is 8.26. The van der Waals surface area contributed by atoms with Crippen molar-refractivity contribution in [3.05, 3.63) is 18.6 Å². The molecule has 0 aliphatic carbocycles. The molecule has 0 bridgehead atoms. The van der Waals surface area contributed by atoms with E-state index in [0.717, 1.165) is 0 Å². The minimum atomic E-state index is -5.53. The van der Waals surface area contributed by atoms with E-state index in [1.54, 1.807) is 11.8 Å². The molecule has 2 amide bonds. The highest BCUT2D eigenvalue weighted by Gasteiger charge is 2.50. The van der Waals surface area contributed by atoms with Gasteiger partial charge in [-0.3, -0.25) is 23.2 Å². The van der Waals surface area contributed by atoms with Gasteiger partial charge in [-0.05, 0) is 6.07 Å². The number of phosphoric ester groups is 3. The van der Waals surface area contributed by atoms with Crippen molar-refractivity contribution in [2.75, 3.05) is 37.8 Å². The first-order valence-corrected chi connectivity index (χ1v) is 21.0. The Morgan fingerprint density at radius 2 is 1.71 bits per heavy atom. The van der Waals surface area contributed by atoms with Gasteiger partial charge in [0, 0.05) is 41.6 Å². The Hall–Kier alpha value is -2.04. The molecule has 10 N–H and O–H groups in total. The van der Waals surface area contributed by atoms with Crippen LogP contribution < -0.4 is 16.4 Å². The number of nitrogens with one attached hydrogen (secondary N) is 2. The average molecular weight is 823 g/mol. The maximum Gasteiger partial charge on any atom is 0.481 e. The van der Waals surface area contributed by atoms with Crippen LogP contribution in [0.2, 0.25) is 0 Å². The number of nitrogens with two attached hydrogens (primary N) is 1. The standard InChI is InChI=1S/C26H45N6O16P3S/c1-25(2,3)52-11-10-28-17(33)7-9-30-23(36)21(35)26(4,5)13-45-51(42,43)48-50(40,41)44-12-16-20(47-49(37,38)39)19(34)24(46-16)32-14-31-18-15(32)6-8-29-22(18)27/h6,8,14,16,19-21,24,34-35H,7,9-13H2,1-5H3,(H2,27,29)(H,28,33)(H,30,36)(H,40,41)(H,42,43)(H2,37,38,39). The third kappa shape index (κ3) is 13.4. The molecule has 7 unspecified atom stereocenters. The number of amides is 2. The molecule has 3 heterocycles. The lowest BCUT2D eigenvalue weighted by atomic mass is 9.87. The second-order valence-corrected chi connectivity index (χ2v) is 19.3. The number of hydrogen-bond donors (Lipinski definition) is 9. The Labute approximate surface area is 302 Å². The summed E-state index contributed by atoms with van der Waals surface area (Å²) in [6.07, 6.45) is -6.24. The fourth-order valence-electron chi connectivity index (χ4n) is 4.62. The maximum atomic E-state index is 12.7. The third-order valence-electron chi connectivity index (χ3n) is 7.17. The SMILES string of the molecule is CC(C)(C)SCCNC(=O)CCNC(=O)C(O)C(C)(C)COP(=O)(O)OP(=O)(O)OCC1OC(n2cnc3c(N)nccc32)C(O)C1OP(=O)(O)O. The van der Waals surface area contributed by atoms with E-state index < -0.39 is 78.6 Å². The molecule has 296 valence electrons. The number of pyridine rings is 1. The molecule has 52 heavy (non-hydrogen) atoms. The number of rotatable bonds is 19. The Bertz CT molecular complexity index is 1700. The predicted octanol–water partition coefficient (Wildman–Crippen LogP) is 0.542. The van der Waals surface area contributed by atoms with Crippen LogP contribution in [0.1, 0.15) is 47.3 Å². The van der Waals surface area contributed by atoms with Gasteiger partial charge < -0.3 is 55.5 Å². The third-order valence-corrected chi connectivity index (χ3v) is 11.5. The number of anilines is 1. The van der Waals surface area contributed by atoms with Crippen LogP contribution in [0, 0.1) is 5.41 Å². The fraction of sp³-hybridized carbons (Fsp3) is 0.692. The molecule has 1 fully saturated rings. The first-order valence-electron chi connectivity index (χ1n) is 15.5. The van der Waals surface area contributed by atoms with Crippen molar-refractivity contribution in [1.82, 2.24) is 25.2 Å². The zero-order valence-corrected chi connectivity index (χ0v) is 32.3. The van der Waals surface area contributed by atoms with Gasteiger partial charge >= 0.3 is 23.5 Å². The molecule has 1 saturated heterocycles. The molecule has 0 aromatic carbocycles. The summed E-state index contributed by atoms with van der Waals surface area (Å²) in [6, 6.07) is 1.45. The maximum absolute atomic E-state index is 12.7. The monoisotopic (exact) mass is 822 g/mol. The average Bonchev–Trinajstić information content (AvgIpc) is 3.56. The first kappa shape index (κ1) is 44.4. The summed E-state index contributed by atoms with van der Waals surface area (Å²) in [6.45, 7) is 7.05. The largest absolute Gasteiger partial charge is 0.481 e. The van der Waals surface area contributed by atoms with Crippen LogP contribution in [-0.2, 0) is 45.9 Å². The van der Waals surface area contributed by atoms with Crippen LogP contribution in [0.4, 0.5) is 5.82 Å². The number of fused-ring (bicyclic) bond motifs is 1. The molecular weight excluding hydrogens is 777 g/mol. The number of ether oxygens (including phenoxy) is 1. The van der Waals surface area contributed by atoms with Crippen LogP contribution in [0.25, 0.3) is 11.0 Å². The number of imidazole rings is 1. The number of phosphoric acid groups is 3. The zero-order chi connectivity index (χ0) is 39.3. The molecule has 22 nitrogen and oxygen atoms in total. The Kier molecular flexibility index (Phi) is 15.0. The van der Waals surface area contributed by atoms with Gasteiger partial charge in [-0.15, -0.1) is 0 Å². The molecule has 0 spiro atoms. The van der Waals surface area contributed by atoms with Gasteiger partial charge in [0.05, 0.1) is 25.1 Å². The summed E-state index contributed by atoms with van der Waals surface area (Å²) in [5, 5.41) is 26.5. The predicted molar refractivity (Wildman–Crippen MR) is 184 cm³/mol. The van der Waals surface area contributed by atoms with Crippen molar-refractivity contribution in [1.29, 1.82) is 0 Å². The van der Waals surface area contributed by atoms with E-state index in [9.17, 15) is 53.1 Å². The quantitative estimate of drug-likeness (QED) is 0.0689. The molecule has 0 radical (unpaired) electrons. The lowest BCUT2D eigenvalue weighted by Crippen LogP contribution is -2.46. The zero-order valence-electron chi connectivity index (χ0n) is 28.8. The summed E-state index contributed by atoms with van der Waals surface area (Å²) in [5.74, 6) is -0.530. The highest BCUT2D eigenvalue weighted by Crippen LogP contribution is 2.61. The molecule has 26 heteroatoms. The lowest BCUT2D eigenvalue weighted by molar-refractivity contribution is -0.137. The second kappa shape index (κ2) is 17.6. The van der Waals surface area contributed by atoms with E-state index in [2.05, 4.69) is 29.4 Å². The summed E-state index contributed by atoms with van der Waals surface area (Å²) in [7, 11) is -16.3. The summed E-state index contributed by atoms with van der Waals surface area (Å²) >= 11 is 1.67. The summed E-state index contributed by atoms with van der Waals surface area (Å²) in [5.41, 5.74) is 4.72. The molecule has 2 aromatic heterocycles. The number of nitrogens with zero attached hydrogens (tertiary/aromatic N) is 3. The number of nitrogen functional groups attached to an aromatic ring is 1. The van der Waals surface area contributed by atoms with Crippen LogP contribution in [0.5, 0.6) is 0 Å². The highest BCUT2D eigenvalue weighted by atomic mass is 32.2. The molecule has 1 aliphatic rings. The van der Waals surface area contributed by atoms with Crippen molar-refractivity contribution in [2.45, 2.75) is 76.4 Å². The second-order valence-electron chi connectivity index (χ2n) is 13.2. The molecule has 1 aliphatic heterocycles. The Balaban J connectivity index is 1.54. The molecule has 3 rings (SSSR count). The smallest absolute Gasteiger partial charge is 0.386 e. The van der Waals surface area contributed by atoms with Gasteiger partial charge in [0.1, 0.15) is 29.9 Å². The topological polar surface area (TPSA) is 334 Å². The number of thioether (sulfide) groups is 1. The minimum Gasteiger partial charge on any atom is -0.386 e. The number of aromatic nitrogens is 3. The first-order chi connectivity index (χ1) is 23.8. The van der Waals surface area contributed by atoms with Gasteiger partial charge in [-0.2, -0.15) is 16.1 Å². The lowest BCUT2D eigenvalue weighted by Gasteiger charge is -2.30. The van der Waals surface area contributed by atoms with Crippen LogP contribution >= 0.6 is 35.2 Å². The van der Waals surface area contributed by atoms with Crippen LogP contribution in [-0.4, -0.2) is 117 Å². The van der Waals surface area contributed by atoms with Crippen molar-refractivity contribution in [3.8, 4) is 0 Å². The Morgan fingerprint density at radius 1 is 1.06 bits per heavy atom. The molecule has 0 saturated carbocycles. The number of carbonyl (C=O) groups is 2. The summed E-state index contributed by atoms with van der Waals surface area (Å²) < 4.78 is 62.3. The molecule has 7 atom stereocenters. The van der Waals surface area contributed by atoms with Crippen molar-refractivity contribution in [2.24, 2.45) is 5.41 Å². The van der Waals surface area contributed by atoms with E-state index >= 15 is 0 Å². The van der Waals surface area contributed by atoms with Gasteiger partial charge in [0.25, 0.3) is 0 Å². The number of hydrogen-bond acceptors (Lipinski definition) is 16. The number of aliphatic hydroxyl groups is 2. The van der Waals surface area contributed by atoms with E-state index in [4.69, 9.17) is 19.5 Å². The Morgan fingerprint density at radius 3 is 2.35 bits per heavy atom. The van der Waals surface area contributed by atoms with Gasteiger partial charge in [0.2, 0.25) is 11.8 Å².